The summed E-state index contributed by atoms with van der Waals surface area (Å²) in [7, 11) is 3.15. The Morgan fingerprint density at radius 2 is 1.74 bits per heavy atom. The number of rotatable bonds is 5. The monoisotopic (exact) mass is 420 g/mol. The van der Waals surface area contributed by atoms with Crippen LogP contribution in [0, 0.1) is 6.92 Å². The number of methoxy groups -OCH3 is 1. The van der Waals surface area contributed by atoms with Gasteiger partial charge in [-0.3, -0.25) is 14.4 Å². The highest BCUT2D eigenvalue weighted by Crippen LogP contribution is 2.53. The average Bonchev–Trinajstić information content (AvgIpc) is 3.13. The average molecular weight is 420 g/mol. The highest BCUT2D eigenvalue weighted by atomic mass is 16.5. The third-order valence-corrected chi connectivity index (χ3v) is 5.99. The Hall–Kier alpha value is -3.45. The number of amides is 2. The summed E-state index contributed by atoms with van der Waals surface area (Å²) >= 11 is 0. The molecule has 0 bridgehead atoms. The second kappa shape index (κ2) is 7.67. The van der Waals surface area contributed by atoms with Crippen LogP contribution in [0.3, 0.4) is 0 Å². The molecule has 0 aromatic heterocycles. The largest absolute Gasteiger partial charge is 0.507 e. The molecule has 0 radical (unpaired) electrons. The van der Waals surface area contributed by atoms with E-state index in [0.29, 0.717) is 29.8 Å². The first-order chi connectivity index (χ1) is 14.9. The van der Waals surface area contributed by atoms with Crippen molar-refractivity contribution in [3.05, 3.63) is 70.8 Å². The summed E-state index contributed by atoms with van der Waals surface area (Å²) in [6.45, 7) is 2.41. The lowest BCUT2D eigenvalue weighted by Gasteiger charge is -2.34. The van der Waals surface area contributed by atoms with Crippen LogP contribution in [-0.2, 0) is 24.7 Å². The number of aliphatic hydroxyl groups is 1. The minimum Gasteiger partial charge on any atom is -0.507 e. The number of Topliss-reactive ketones (excluding diaryl/α,β-unsaturated/α-hetero) is 1. The number of anilines is 1. The lowest BCUT2D eigenvalue weighted by atomic mass is 9.82. The molecule has 2 heterocycles. The Morgan fingerprint density at radius 3 is 2.42 bits per heavy atom. The van der Waals surface area contributed by atoms with Crippen LogP contribution in [-0.4, -0.2) is 54.9 Å². The first-order valence-corrected chi connectivity index (χ1v) is 10.1. The molecule has 2 aliphatic heterocycles. The Kier molecular flexibility index (Phi) is 5.15. The van der Waals surface area contributed by atoms with Crippen molar-refractivity contribution in [2.24, 2.45) is 0 Å². The minimum atomic E-state index is -1.71. The van der Waals surface area contributed by atoms with Crippen molar-refractivity contribution >= 4 is 29.0 Å². The number of carbonyl (C=O) groups is 3. The van der Waals surface area contributed by atoms with Crippen molar-refractivity contribution < 1.29 is 24.2 Å². The molecule has 160 valence electrons. The van der Waals surface area contributed by atoms with Gasteiger partial charge in [-0.2, -0.15) is 0 Å². The van der Waals surface area contributed by atoms with Gasteiger partial charge in [0.2, 0.25) is 0 Å². The van der Waals surface area contributed by atoms with E-state index in [-0.39, 0.29) is 17.9 Å². The van der Waals surface area contributed by atoms with Gasteiger partial charge in [-0.25, -0.2) is 0 Å². The van der Waals surface area contributed by atoms with Gasteiger partial charge < -0.3 is 19.6 Å². The van der Waals surface area contributed by atoms with Crippen molar-refractivity contribution in [3.63, 3.8) is 0 Å². The minimum absolute atomic E-state index is 0.136. The number of likely N-dealkylation sites (tertiary alicyclic amines) is 1. The predicted octanol–water partition coefficient (Wildman–Crippen LogP) is 2.58. The molecule has 1 fully saturated rings. The molecule has 1 spiro atoms. The zero-order chi connectivity index (χ0) is 22.3. The van der Waals surface area contributed by atoms with Crippen molar-refractivity contribution in [1.29, 1.82) is 0 Å². The number of aliphatic hydroxyl groups excluding tert-OH is 1. The third kappa shape index (κ3) is 2.88. The molecular weight excluding hydrogens is 396 g/mol. The lowest BCUT2D eigenvalue weighted by Crippen LogP contribution is -2.51. The normalized spacial score (nSPS) is 22.0. The quantitative estimate of drug-likeness (QED) is 0.348. The maximum absolute atomic E-state index is 13.7. The van der Waals surface area contributed by atoms with E-state index in [4.69, 9.17) is 4.74 Å². The molecule has 1 atom stereocenters. The number of ketones is 1. The van der Waals surface area contributed by atoms with Gasteiger partial charge in [0.1, 0.15) is 5.76 Å². The first kappa shape index (κ1) is 20.8. The summed E-state index contributed by atoms with van der Waals surface area (Å²) in [6, 6.07) is 14.0. The van der Waals surface area contributed by atoms with Crippen molar-refractivity contribution in [2.45, 2.75) is 18.9 Å². The molecule has 2 aromatic rings. The number of fused-ring (bicyclic) bond motifs is 2. The molecule has 1 saturated heterocycles. The number of para-hydroxylation sites is 1. The number of hydrogen-bond acceptors (Lipinski definition) is 5. The molecule has 31 heavy (non-hydrogen) atoms. The molecule has 1 unspecified atom stereocenters. The van der Waals surface area contributed by atoms with E-state index >= 15 is 0 Å². The fourth-order valence-corrected chi connectivity index (χ4v) is 4.49. The number of likely N-dealkylation sites (N-methyl/N-ethyl adjacent to an activating group) is 1. The molecule has 1 N–H and O–H groups in total. The number of ether oxygens (including phenoxy) is 1. The molecule has 2 amide bonds. The summed E-state index contributed by atoms with van der Waals surface area (Å²) in [4.78, 5) is 42.8. The highest BCUT2D eigenvalue weighted by Gasteiger charge is 2.66. The number of carbonyl (C=O) groups excluding carboxylic acids is 3. The zero-order valence-electron chi connectivity index (χ0n) is 17.7. The van der Waals surface area contributed by atoms with Crippen LogP contribution in [0.4, 0.5) is 5.69 Å². The van der Waals surface area contributed by atoms with E-state index in [9.17, 15) is 19.5 Å². The van der Waals surface area contributed by atoms with Crippen LogP contribution in [0.25, 0.3) is 5.76 Å². The lowest BCUT2D eigenvalue weighted by molar-refractivity contribution is -0.143. The van der Waals surface area contributed by atoms with Crippen LogP contribution in [0.5, 0.6) is 0 Å². The molecule has 2 aliphatic rings. The Bertz CT molecular complexity index is 1110. The van der Waals surface area contributed by atoms with E-state index in [1.54, 1.807) is 62.7 Å². The number of benzene rings is 2. The maximum Gasteiger partial charge on any atom is 0.296 e. The van der Waals surface area contributed by atoms with E-state index in [2.05, 4.69) is 0 Å². The van der Waals surface area contributed by atoms with Gasteiger partial charge in [0.15, 0.2) is 5.54 Å². The molecule has 7 nitrogen and oxygen atoms in total. The fourth-order valence-electron chi connectivity index (χ4n) is 4.49. The van der Waals surface area contributed by atoms with Crippen molar-refractivity contribution in [2.75, 3.05) is 32.2 Å². The summed E-state index contributed by atoms with van der Waals surface area (Å²) in [5, 5.41) is 11.2. The van der Waals surface area contributed by atoms with E-state index in [0.717, 1.165) is 5.56 Å². The van der Waals surface area contributed by atoms with Gasteiger partial charge >= 0.3 is 0 Å². The van der Waals surface area contributed by atoms with E-state index in [1.165, 1.54) is 9.80 Å². The van der Waals surface area contributed by atoms with Crippen LogP contribution in [0.15, 0.2) is 54.1 Å². The van der Waals surface area contributed by atoms with Gasteiger partial charge in [-0.1, -0.05) is 48.0 Å². The molecule has 4 rings (SSSR count). The van der Waals surface area contributed by atoms with E-state index in [1.807, 2.05) is 6.92 Å². The van der Waals surface area contributed by atoms with Crippen LogP contribution in [0.2, 0.25) is 0 Å². The fraction of sp³-hybridized carbons (Fsp3) is 0.292. The number of nitrogens with zero attached hydrogens (tertiary/aromatic N) is 2. The van der Waals surface area contributed by atoms with Crippen LogP contribution < -0.4 is 4.90 Å². The SMILES string of the molecule is COCCCN1C(=O)C(=O)/C(=C(\O)c2ccc(C)cc2)C12C(=O)N(C)c1ccccc12. The van der Waals surface area contributed by atoms with Crippen LogP contribution in [0.1, 0.15) is 23.1 Å². The second-order valence-electron chi connectivity index (χ2n) is 7.81. The van der Waals surface area contributed by atoms with Gasteiger partial charge in [0, 0.05) is 44.1 Å². The van der Waals surface area contributed by atoms with Crippen LogP contribution >= 0.6 is 0 Å². The first-order valence-electron chi connectivity index (χ1n) is 10.1. The zero-order valence-corrected chi connectivity index (χ0v) is 17.7. The second-order valence-corrected chi connectivity index (χ2v) is 7.81. The van der Waals surface area contributed by atoms with Gasteiger partial charge in [-0.05, 0) is 19.4 Å². The third-order valence-electron chi connectivity index (χ3n) is 5.99. The highest BCUT2D eigenvalue weighted by molar-refractivity contribution is 6.50. The molecular formula is C24H24N2O5. The Balaban J connectivity index is 2.01. The van der Waals surface area contributed by atoms with Crippen molar-refractivity contribution in [3.8, 4) is 0 Å². The predicted molar refractivity (Wildman–Crippen MR) is 115 cm³/mol. The molecule has 0 saturated carbocycles. The molecule has 0 aliphatic carbocycles. The molecule has 2 aromatic carbocycles. The standard InChI is InChI=1S/C24H24N2O5/c1-15-9-11-16(12-10-15)20(27)19-21(28)22(29)26(13-6-14-31-3)24(19)17-7-4-5-8-18(17)25(2)23(24)30/h4-5,7-12,27H,6,13-14H2,1-3H3/b20-19+. The maximum atomic E-state index is 13.7. The Morgan fingerprint density at radius 1 is 1.06 bits per heavy atom. The van der Waals surface area contributed by atoms with Gasteiger partial charge in [0.25, 0.3) is 17.6 Å². The topological polar surface area (TPSA) is 87.1 Å². The van der Waals surface area contributed by atoms with Crippen molar-refractivity contribution in [1.82, 2.24) is 4.90 Å². The Labute approximate surface area is 180 Å². The number of hydrogen-bond donors (Lipinski definition) is 1. The summed E-state index contributed by atoms with van der Waals surface area (Å²) < 4.78 is 5.11. The van der Waals surface area contributed by atoms with Gasteiger partial charge in [0.05, 0.1) is 5.57 Å². The summed E-state index contributed by atoms with van der Waals surface area (Å²) in [5.41, 5.74) is 0.560. The smallest absolute Gasteiger partial charge is 0.296 e. The molecule has 7 heteroatoms. The summed E-state index contributed by atoms with van der Waals surface area (Å²) in [6.07, 6.45) is 0.439. The van der Waals surface area contributed by atoms with E-state index < -0.39 is 23.1 Å². The number of aryl methyl sites for hydroxylation is 1. The summed E-state index contributed by atoms with van der Waals surface area (Å²) in [5.74, 6) is -2.47. The van der Waals surface area contributed by atoms with Gasteiger partial charge in [-0.15, -0.1) is 0 Å².